The summed E-state index contributed by atoms with van der Waals surface area (Å²) in [6.07, 6.45) is 0.724. The van der Waals surface area contributed by atoms with Crippen LogP contribution in [0.4, 0.5) is 4.39 Å². The predicted molar refractivity (Wildman–Crippen MR) is 94.0 cm³/mol. The molecule has 0 atom stereocenters. The van der Waals surface area contributed by atoms with Gasteiger partial charge in [-0.05, 0) is 40.8 Å². The Bertz CT molecular complexity index is 729. The lowest BCUT2D eigenvalue weighted by Crippen LogP contribution is -2.48. The Morgan fingerprint density at radius 2 is 2.08 bits per heavy atom. The summed E-state index contributed by atoms with van der Waals surface area (Å²) in [6, 6.07) is 4.61. The van der Waals surface area contributed by atoms with Gasteiger partial charge < -0.3 is 9.42 Å². The Labute approximate surface area is 153 Å². The number of aromatic nitrogens is 2. The molecule has 1 saturated heterocycles. The van der Waals surface area contributed by atoms with Crippen LogP contribution >= 0.6 is 22.6 Å². The summed E-state index contributed by atoms with van der Waals surface area (Å²) in [6.45, 7) is 5.25. The van der Waals surface area contributed by atoms with Gasteiger partial charge in [-0.3, -0.25) is 9.69 Å². The molecule has 1 aromatic heterocycles. The van der Waals surface area contributed by atoms with Gasteiger partial charge in [0.05, 0.1) is 6.54 Å². The molecule has 1 fully saturated rings. The highest BCUT2D eigenvalue weighted by atomic mass is 127. The standard InChI is InChI=1S/C16H18FIN4O2/c1-2-15-19-14(20-24-15)10-21-5-7-22(8-6-21)16(23)11-3-4-13(18)12(17)9-11/h3-4,9H,2,5-8,10H2,1H3. The van der Waals surface area contributed by atoms with E-state index < -0.39 is 0 Å². The number of aryl methyl sites for hydroxylation is 1. The Hall–Kier alpha value is -1.55. The van der Waals surface area contributed by atoms with Crippen molar-refractivity contribution in [2.45, 2.75) is 19.9 Å². The van der Waals surface area contributed by atoms with E-state index in [0.29, 0.717) is 40.5 Å². The molecule has 1 aromatic carbocycles. The summed E-state index contributed by atoms with van der Waals surface area (Å²) >= 11 is 1.91. The normalized spacial score (nSPS) is 15.7. The van der Waals surface area contributed by atoms with Crippen LogP contribution in [0.1, 0.15) is 29.0 Å². The van der Waals surface area contributed by atoms with Gasteiger partial charge in [-0.1, -0.05) is 12.1 Å². The van der Waals surface area contributed by atoms with Gasteiger partial charge in [0.2, 0.25) is 5.89 Å². The van der Waals surface area contributed by atoms with Crippen molar-refractivity contribution in [3.05, 3.63) is 44.9 Å². The van der Waals surface area contributed by atoms with E-state index in [4.69, 9.17) is 4.52 Å². The largest absolute Gasteiger partial charge is 0.339 e. The SMILES string of the molecule is CCc1nc(CN2CCN(C(=O)c3ccc(I)c(F)c3)CC2)no1. The average molecular weight is 444 g/mol. The number of hydrogen-bond donors (Lipinski definition) is 0. The number of carbonyl (C=O) groups excluding carboxylic acids is 1. The molecule has 2 aromatic rings. The van der Waals surface area contributed by atoms with Crippen LogP contribution in [0, 0.1) is 9.39 Å². The van der Waals surface area contributed by atoms with E-state index in [9.17, 15) is 9.18 Å². The molecule has 2 heterocycles. The van der Waals surface area contributed by atoms with Crippen molar-refractivity contribution in [1.82, 2.24) is 19.9 Å². The fourth-order valence-electron chi connectivity index (χ4n) is 2.62. The number of piperazine rings is 1. The van der Waals surface area contributed by atoms with Gasteiger partial charge in [-0.2, -0.15) is 4.98 Å². The van der Waals surface area contributed by atoms with Crippen LogP contribution < -0.4 is 0 Å². The second-order valence-corrected chi connectivity index (χ2v) is 6.82. The first-order valence-corrected chi connectivity index (χ1v) is 8.93. The van der Waals surface area contributed by atoms with Gasteiger partial charge in [-0.25, -0.2) is 4.39 Å². The maximum atomic E-state index is 13.6. The highest BCUT2D eigenvalue weighted by Gasteiger charge is 2.23. The number of halogens is 2. The first-order valence-electron chi connectivity index (χ1n) is 7.85. The highest BCUT2D eigenvalue weighted by molar-refractivity contribution is 14.1. The minimum absolute atomic E-state index is 0.127. The summed E-state index contributed by atoms with van der Waals surface area (Å²) in [5, 5.41) is 3.95. The lowest BCUT2D eigenvalue weighted by atomic mass is 10.1. The number of benzene rings is 1. The van der Waals surface area contributed by atoms with E-state index >= 15 is 0 Å². The number of amides is 1. The lowest BCUT2D eigenvalue weighted by molar-refractivity contribution is 0.0624. The van der Waals surface area contributed by atoms with Crippen LogP contribution in [0.2, 0.25) is 0 Å². The van der Waals surface area contributed by atoms with Gasteiger partial charge in [-0.15, -0.1) is 0 Å². The zero-order chi connectivity index (χ0) is 17.1. The fraction of sp³-hybridized carbons (Fsp3) is 0.438. The van der Waals surface area contributed by atoms with E-state index in [1.807, 2.05) is 29.5 Å². The van der Waals surface area contributed by atoms with E-state index in [1.165, 1.54) is 6.07 Å². The van der Waals surface area contributed by atoms with Gasteiger partial charge >= 0.3 is 0 Å². The summed E-state index contributed by atoms with van der Waals surface area (Å²) < 4.78 is 19.3. The Kier molecular flexibility index (Phi) is 5.44. The maximum Gasteiger partial charge on any atom is 0.254 e. The zero-order valence-electron chi connectivity index (χ0n) is 13.3. The molecule has 0 bridgehead atoms. The molecule has 8 heteroatoms. The average Bonchev–Trinajstić information content (AvgIpc) is 3.05. The molecular weight excluding hydrogens is 426 g/mol. The van der Waals surface area contributed by atoms with Crippen molar-refractivity contribution < 1.29 is 13.7 Å². The smallest absolute Gasteiger partial charge is 0.254 e. The molecule has 24 heavy (non-hydrogen) atoms. The molecule has 128 valence electrons. The number of carbonyl (C=O) groups is 1. The molecule has 1 amide bonds. The minimum atomic E-state index is -0.357. The van der Waals surface area contributed by atoms with E-state index in [2.05, 4.69) is 15.0 Å². The van der Waals surface area contributed by atoms with Crippen molar-refractivity contribution in [2.75, 3.05) is 26.2 Å². The molecule has 0 radical (unpaired) electrons. The van der Waals surface area contributed by atoms with Crippen LogP contribution in [0.3, 0.4) is 0 Å². The van der Waals surface area contributed by atoms with Crippen LogP contribution in [0.25, 0.3) is 0 Å². The van der Waals surface area contributed by atoms with Crippen molar-refractivity contribution in [3.8, 4) is 0 Å². The Morgan fingerprint density at radius 3 is 2.71 bits per heavy atom. The van der Waals surface area contributed by atoms with Gasteiger partial charge in [0, 0.05) is 41.7 Å². The van der Waals surface area contributed by atoms with Gasteiger partial charge in [0.15, 0.2) is 5.82 Å². The summed E-state index contributed by atoms with van der Waals surface area (Å²) in [4.78, 5) is 20.7. The van der Waals surface area contributed by atoms with Crippen molar-refractivity contribution >= 4 is 28.5 Å². The first-order chi connectivity index (χ1) is 11.6. The van der Waals surface area contributed by atoms with Crippen LogP contribution in [0.15, 0.2) is 22.7 Å². The molecule has 1 aliphatic heterocycles. The number of nitrogens with zero attached hydrogens (tertiary/aromatic N) is 4. The summed E-state index contributed by atoms with van der Waals surface area (Å²) in [5.74, 6) is 0.826. The van der Waals surface area contributed by atoms with Gasteiger partial charge in [0.1, 0.15) is 5.82 Å². The molecule has 0 saturated carbocycles. The van der Waals surface area contributed by atoms with E-state index in [1.54, 1.807) is 17.0 Å². The highest BCUT2D eigenvalue weighted by Crippen LogP contribution is 2.15. The molecule has 3 rings (SSSR count). The van der Waals surface area contributed by atoms with Gasteiger partial charge in [0.25, 0.3) is 5.91 Å². The van der Waals surface area contributed by atoms with E-state index in [0.717, 1.165) is 19.5 Å². The number of rotatable bonds is 4. The third-order valence-corrected chi connectivity index (χ3v) is 4.88. The lowest BCUT2D eigenvalue weighted by Gasteiger charge is -2.34. The van der Waals surface area contributed by atoms with Crippen molar-refractivity contribution in [3.63, 3.8) is 0 Å². The molecular formula is C16H18FIN4O2. The predicted octanol–water partition coefficient (Wildman–Crippen LogP) is 2.33. The third kappa shape index (κ3) is 3.92. The van der Waals surface area contributed by atoms with Crippen LogP contribution in [0.5, 0.6) is 0 Å². The van der Waals surface area contributed by atoms with Crippen LogP contribution in [-0.2, 0) is 13.0 Å². The fourth-order valence-corrected chi connectivity index (χ4v) is 2.95. The minimum Gasteiger partial charge on any atom is -0.339 e. The molecule has 0 unspecified atom stereocenters. The second kappa shape index (κ2) is 7.56. The summed E-state index contributed by atoms with van der Waals surface area (Å²) in [5.41, 5.74) is 0.395. The third-order valence-electron chi connectivity index (χ3n) is 4.00. The Balaban J connectivity index is 1.56. The number of hydrogen-bond acceptors (Lipinski definition) is 5. The van der Waals surface area contributed by atoms with Crippen molar-refractivity contribution in [2.24, 2.45) is 0 Å². The molecule has 0 spiro atoms. The topological polar surface area (TPSA) is 62.5 Å². The maximum absolute atomic E-state index is 13.6. The molecule has 0 N–H and O–H groups in total. The first kappa shape index (κ1) is 17.3. The van der Waals surface area contributed by atoms with E-state index in [-0.39, 0.29) is 11.7 Å². The quantitative estimate of drug-likeness (QED) is 0.678. The summed E-state index contributed by atoms with van der Waals surface area (Å²) in [7, 11) is 0. The zero-order valence-corrected chi connectivity index (χ0v) is 15.5. The Morgan fingerprint density at radius 1 is 1.33 bits per heavy atom. The van der Waals surface area contributed by atoms with Crippen LogP contribution in [-0.4, -0.2) is 52.0 Å². The molecule has 1 aliphatic rings. The second-order valence-electron chi connectivity index (χ2n) is 5.66. The monoisotopic (exact) mass is 444 g/mol. The van der Waals surface area contributed by atoms with Crippen molar-refractivity contribution in [1.29, 1.82) is 0 Å². The molecule has 0 aliphatic carbocycles. The molecule has 6 nitrogen and oxygen atoms in total.